The van der Waals surface area contributed by atoms with Crippen molar-refractivity contribution in [2.75, 3.05) is 0 Å². The van der Waals surface area contributed by atoms with Crippen LogP contribution in [0.5, 0.6) is 0 Å². The summed E-state index contributed by atoms with van der Waals surface area (Å²) < 4.78 is 0. The molecule has 0 amide bonds. The maximum absolute atomic E-state index is 4.41. The average Bonchev–Trinajstić information content (AvgIpc) is 2.67. The molecule has 2 rings (SSSR count). The summed E-state index contributed by atoms with van der Waals surface area (Å²) in [6.45, 7) is 5.80. The first-order valence-electron chi connectivity index (χ1n) is 5.27. The second-order valence-electron chi connectivity index (χ2n) is 3.76. The molecule has 0 spiro atoms. The summed E-state index contributed by atoms with van der Waals surface area (Å²) in [5, 5.41) is 6.61. The van der Waals surface area contributed by atoms with Crippen molar-refractivity contribution in [3.8, 4) is 0 Å². The molecule has 0 aliphatic rings. The number of nitrogens with one attached hydrogen (secondary N) is 1. The van der Waals surface area contributed by atoms with Gasteiger partial charge in [-0.25, -0.2) is 4.98 Å². The van der Waals surface area contributed by atoms with Gasteiger partial charge in [0.15, 0.2) is 0 Å². The SMILES string of the molecule is Cc1nc(CNCc2ccncc2C)cs1. The van der Waals surface area contributed by atoms with E-state index in [2.05, 4.69) is 33.7 Å². The molecule has 0 fully saturated rings. The monoisotopic (exact) mass is 233 g/mol. The predicted molar refractivity (Wildman–Crippen MR) is 66.4 cm³/mol. The van der Waals surface area contributed by atoms with Crippen LogP contribution >= 0.6 is 11.3 Å². The topological polar surface area (TPSA) is 37.8 Å². The van der Waals surface area contributed by atoms with E-state index in [1.54, 1.807) is 11.3 Å². The van der Waals surface area contributed by atoms with Gasteiger partial charge in [-0.3, -0.25) is 4.98 Å². The van der Waals surface area contributed by atoms with E-state index in [1.165, 1.54) is 11.1 Å². The van der Waals surface area contributed by atoms with Crippen molar-refractivity contribution in [2.45, 2.75) is 26.9 Å². The normalized spacial score (nSPS) is 10.6. The second kappa shape index (κ2) is 5.18. The van der Waals surface area contributed by atoms with Gasteiger partial charge in [0.05, 0.1) is 10.7 Å². The van der Waals surface area contributed by atoms with Gasteiger partial charge in [-0.05, 0) is 31.0 Å². The van der Waals surface area contributed by atoms with Gasteiger partial charge in [-0.15, -0.1) is 11.3 Å². The molecule has 16 heavy (non-hydrogen) atoms. The lowest BCUT2D eigenvalue weighted by atomic mass is 10.1. The first-order chi connectivity index (χ1) is 7.75. The van der Waals surface area contributed by atoms with Crippen LogP contribution in [-0.2, 0) is 13.1 Å². The zero-order valence-corrected chi connectivity index (χ0v) is 10.3. The van der Waals surface area contributed by atoms with Crippen LogP contribution < -0.4 is 5.32 Å². The Morgan fingerprint density at radius 1 is 1.31 bits per heavy atom. The third kappa shape index (κ3) is 2.87. The molecule has 1 N–H and O–H groups in total. The molecule has 0 saturated carbocycles. The number of pyridine rings is 1. The molecule has 0 aliphatic heterocycles. The van der Waals surface area contributed by atoms with E-state index in [-0.39, 0.29) is 0 Å². The number of thiazole rings is 1. The van der Waals surface area contributed by atoms with E-state index < -0.39 is 0 Å². The summed E-state index contributed by atoms with van der Waals surface area (Å²) in [6.07, 6.45) is 3.72. The molecule has 84 valence electrons. The van der Waals surface area contributed by atoms with Crippen molar-refractivity contribution < 1.29 is 0 Å². The van der Waals surface area contributed by atoms with Crippen molar-refractivity contribution in [3.05, 3.63) is 45.7 Å². The summed E-state index contributed by atoms with van der Waals surface area (Å²) in [5.41, 5.74) is 3.64. The molecular weight excluding hydrogens is 218 g/mol. The Labute approximate surface area is 99.6 Å². The lowest BCUT2D eigenvalue weighted by Crippen LogP contribution is -2.13. The first kappa shape index (κ1) is 11.2. The van der Waals surface area contributed by atoms with Crippen LogP contribution in [0.25, 0.3) is 0 Å². The lowest BCUT2D eigenvalue weighted by Gasteiger charge is -2.05. The van der Waals surface area contributed by atoms with Gasteiger partial charge in [-0.1, -0.05) is 0 Å². The van der Waals surface area contributed by atoms with Gasteiger partial charge in [0.1, 0.15) is 0 Å². The number of aromatic nitrogens is 2. The minimum absolute atomic E-state index is 0.825. The number of hydrogen-bond acceptors (Lipinski definition) is 4. The standard InChI is InChI=1S/C12H15N3S/c1-9-5-13-4-3-11(9)6-14-7-12-8-16-10(2)15-12/h3-5,8,14H,6-7H2,1-2H3. The zero-order chi connectivity index (χ0) is 11.4. The van der Waals surface area contributed by atoms with E-state index in [0.717, 1.165) is 23.8 Å². The minimum Gasteiger partial charge on any atom is -0.307 e. The average molecular weight is 233 g/mol. The van der Waals surface area contributed by atoms with Crippen molar-refractivity contribution in [1.82, 2.24) is 15.3 Å². The highest BCUT2D eigenvalue weighted by Gasteiger charge is 1.99. The van der Waals surface area contributed by atoms with Crippen molar-refractivity contribution in [1.29, 1.82) is 0 Å². The molecule has 2 heterocycles. The smallest absolute Gasteiger partial charge is 0.0897 e. The largest absolute Gasteiger partial charge is 0.307 e. The van der Waals surface area contributed by atoms with Crippen molar-refractivity contribution >= 4 is 11.3 Å². The summed E-state index contributed by atoms with van der Waals surface area (Å²) in [4.78, 5) is 8.48. The maximum Gasteiger partial charge on any atom is 0.0897 e. The zero-order valence-electron chi connectivity index (χ0n) is 9.53. The van der Waals surface area contributed by atoms with Gasteiger partial charge >= 0.3 is 0 Å². The maximum atomic E-state index is 4.41. The highest BCUT2D eigenvalue weighted by Crippen LogP contribution is 2.08. The van der Waals surface area contributed by atoms with Crippen molar-refractivity contribution in [3.63, 3.8) is 0 Å². The van der Waals surface area contributed by atoms with E-state index in [9.17, 15) is 0 Å². The van der Waals surface area contributed by atoms with Gasteiger partial charge < -0.3 is 5.32 Å². The highest BCUT2D eigenvalue weighted by atomic mass is 32.1. The number of aryl methyl sites for hydroxylation is 2. The van der Waals surface area contributed by atoms with E-state index >= 15 is 0 Å². The van der Waals surface area contributed by atoms with E-state index in [1.807, 2.05) is 19.3 Å². The van der Waals surface area contributed by atoms with Crippen LogP contribution in [0.4, 0.5) is 0 Å². The molecule has 2 aromatic rings. The molecule has 3 nitrogen and oxygen atoms in total. The molecule has 0 saturated heterocycles. The number of hydrogen-bond donors (Lipinski definition) is 1. The molecule has 0 atom stereocenters. The van der Waals surface area contributed by atoms with Crippen LogP contribution in [0.15, 0.2) is 23.8 Å². The Morgan fingerprint density at radius 2 is 2.19 bits per heavy atom. The fourth-order valence-corrected chi connectivity index (χ4v) is 2.13. The van der Waals surface area contributed by atoms with Crippen molar-refractivity contribution in [2.24, 2.45) is 0 Å². The van der Waals surface area contributed by atoms with Crippen LogP contribution in [0, 0.1) is 13.8 Å². The highest BCUT2D eigenvalue weighted by molar-refractivity contribution is 7.09. The van der Waals surface area contributed by atoms with Gasteiger partial charge in [0, 0.05) is 30.9 Å². The Kier molecular flexibility index (Phi) is 3.64. The van der Waals surface area contributed by atoms with Crippen LogP contribution in [0.2, 0.25) is 0 Å². The Bertz CT molecular complexity index is 465. The van der Waals surface area contributed by atoms with Crippen LogP contribution in [0.1, 0.15) is 21.8 Å². The molecule has 0 unspecified atom stereocenters. The summed E-state index contributed by atoms with van der Waals surface area (Å²) >= 11 is 1.69. The quantitative estimate of drug-likeness (QED) is 0.881. The second-order valence-corrected chi connectivity index (χ2v) is 4.83. The molecular formula is C12H15N3S. The van der Waals surface area contributed by atoms with Gasteiger partial charge in [-0.2, -0.15) is 0 Å². The van der Waals surface area contributed by atoms with Gasteiger partial charge in [0.2, 0.25) is 0 Å². The van der Waals surface area contributed by atoms with Crippen LogP contribution in [-0.4, -0.2) is 9.97 Å². The molecule has 0 aromatic carbocycles. The third-order valence-electron chi connectivity index (χ3n) is 2.42. The molecule has 0 radical (unpaired) electrons. The Balaban J connectivity index is 1.87. The van der Waals surface area contributed by atoms with Gasteiger partial charge in [0.25, 0.3) is 0 Å². The fraction of sp³-hybridized carbons (Fsp3) is 0.333. The molecule has 0 bridgehead atoms. The van der Waals surface area contributed by atoms with Crippen LogP contribution in [0.3, 0.4) is 0 Å². The molecule has 4 heteroatoms. The van der Waals surface area contributed by atoms with E-state index in [4.69, 9.17) is 0 Å². The third-order valence-corrected chi connectivity index (χ3v) is 3.25. The summed E-state index contributed by atoms with van der Waals surface area (Å²) in [5.74, 6) is 0. The first-order valence-corrected chi connectivity index (χ1v) is 6.15. The lowest BCUT2D eigenvalue weighted by molar-refractivity contribution is 0.678. The van der Waals surface area contributed by atoms with E-state index in [0.29, 0.717) is 0 Å². The number of nitrogens with zero attached hydrogens (tertiary/aromatic N) is 2. The number of rotatable bonds is 4. The summed E-state index contributed by atoms with van der Waals surface area (Å²) in [7, 11) is 0. The Morgan fingerprint density at radius 3 is 2.88 bits per heavy atom. The Hall–Kier alpha value is -1.26. The molecule has 0 aliphatic carbocycles. The summed E-state index contributed by atoms with van der Waals surface area (Å²) in [6, 6.07) is 2.05. The minimum atomic E-state index is 0.825. The predicted octanol–water partition coefficient (Wildman–Crippen LogP) is 2.44. The molecule has 2 aromatic heterocycles. The fourth-order valence-electron chi connectivity index (χ4n) is 1.52.